The predicted molar refractivity (Wildman–Crippen MR) is 158 cm³/mol. The molecule has 6 rings (SSSR count). The molecule has 18 heteroatoms. The summed E-state index contributed by atoms with van der Waals surface area (Å²) in [6, 6.07) is 30.4. The summed E-state index contributed by atoms with van der Waals surface area (Å²) in [5, 5.41) is 3.13. The predicted octanol–water partition coefficient (Wildman–Crippen LogP) is -2.96. The van der Waals surface area contributed by atoms with E-state index in [4.69, 9.17) is 66.4 Å². The van der Waals surface area contributed by atoms with E-state index in [-0.39, 0.29) is 27.3 Å². The smallest absolute Gasteiger partial charge is 0.494 e. The number of hydrogen-bond acceptors (Lipinski definition) is 15. The fourth-order valence-corrected chi connectivity index (χ4v) is 5.09. The van der Waals surface area contributed by atoms with Gasteiger partial charge in [0.25, 0.3) is 0 Å². The van der Waals surface area contributed by atoms with Gasteiger partial charge in [-0.05, 0) is 36.4 Å². The first-order valence-electron chi connectivity index (χ1n) is 14.4. The van der Waals surface area contributed by atoms with Crippen LogP contribution in [0.1, 0.15) is 17.1 Å². The van der Waals surface area contributed by atoms with Crippen LogP contribution >= 0.6 is 0 Å². The molecule has 0 aliphatic carbocycles. The molecule has 0 fully saturated rings. The molecule has 0 aliphatic heterocycles. The van der Waals surface area contributed by atoms with E-state index in [0.29, 0.717) is 19.6 Å². The van der Waals surface area contributed by atoms with E-state index in [1.54, 1.807) is 21.3 Å². The summed E-state index contributed by atoms with van der Waals surface area (Å²) < 4.78 is 84.7. The third-order valence-corrected chi connectivity index (χ3v) is 7.04. The number of para-hydroxylation sites is 3. The summed E-state index contributed by atoms with van der Waals surface area (Å²) in [7, 11) is -4.86. The number of ether oxygens (including phenoxy) is 3. The number of halogens is 2. The van der Waals surface area contributed by atoms with E-state index >= 15 is 0 Å². The van der Waals surface area contributed by atoms with Crippen molar-refractivity contribution in [1.29, 1.82) is 0 Å². The molecule has 3 aromatic carbocycles. The zero-order chi connectivity index (χ0) is 36.5. The van der Waals surface area contributed by atoms with E-state index in [1.165, 1.54) is 0 Å². The molecule has 0 aliphatic rings. The van der Waals surface area contributed by atoms with Crippen LogP contribution in [0.4, 0.5) is 0 Å². The Morgan fingerprint density at radius 1 is 0.451 bits per heavy atom. The van der Waals surface area contributed by atoms with Crippen molar-refractivity contribution in [3.8, 4) is 17.2 Å². The van der Waals surface area contributed by atoms with Crippen molar-refractivity contribution in [3.05, 3.63) is 108 Å². The number of fused-ring (bicyclic) bond motifs is 3. The van der Waals surface area contributed by atoms with E-state index in [2.05, 4.69) is 41.3 Å². The molecule has 51 heavy (non-hydrogen) atoms. The number of pyridine rings is 3. The Balaban J connectivity index is 0.000000565. The molecule has 0 atom stereocenters. The molecule has 15 nitrogen and oxygen atoms in total. The zero-order valence-electron chi connectivity index (χ0n) is 27.5. The van der Waals surface area contributed by atoms with Crippen LogP contribution in [0.3, 0.4) is 0 Å². The van der Waals surface area contributed by atoms with Gasteiger partial charge in [-0.1, -0.05) is 54.6 Å². The second-order valence-corrected chi connectivity index (χ2v) is 11.9. The molecule has 0 N–H and O–H groups in total. The second kappa shape index (κ2) is 18.8. The second-order valence-electron chi connectivity index (χ2n) is 10.4. The Morgan fingerprint density at radius 2 is 0.706 bits per heavy atom. The monoisotopic (exact) mass is 842 g/mol. The number of hydrogen-bond donors (Lipinski definition) is 0. The van der Waals surface area contributed by atoms with E-state index in [0.717, 1.165) is 67.0 Å². The SMILES string of the molecule is COc1cccc2ccc(CN(Cc3ccc4cccc(OC)c4n3)Cc3ccc4cccc(OC)c4n3)nc12.[Cd+2].[O-][Cl+3]([O-])([O-])[O-].[O-][Cl+3]([O-])([O-])[O-]. The Kier molecular flexibility index (Phi) is 15.4. The minimum Gasteiger partial charge on any atom is -0.494 e. The Morgan fingerprint density at radius 3 is 0.941 bits per heavy atom. The van der Waals surface area contributed by atoms with Gasteiger partial charge >= 0.3 is 27.3 Å². The summed E-state index contributed by atoms with van der Waals surface area (Å²) >= 11 is 0. The van der Waals surface area contributed by atoms with Gasteiger partial charge in [-0.15, -0.1) is 20.5 Å². The van der Waals surface area contributed by atoms with E-state index < -0.39 is 20.5 Å². The van der Waals surface area contributed by atoms with Crippen LogP contribution in [0, 0.1) is 20.5 Å². The molecule has 0 spiro atoms. The van der Waals surface area contributed by atoms with Gasteiger partial charge in [0, 0.05) is 35.8 Å². The fraction of sp³-hybridized carbons (Fsp3) is 0.182. The van der Waals surface area contributed by atoms with Gasteiger partial charge in [0.2, 0.25) is 0 Å². The van der Waals surface area contributed by atoms with Crippen molar-refractivity contribution < 1.29 is 99.3 Å². The molecule has 264 valence electrons. The number of nitrogens with zero attached hydrogens (tertiary/aromatic N) is 4. The quantitative estimate of drug-likeness (QED) is 0.132. The van der Waals surface area contributed by atoms with Crippen LogP contribution in [0.25, 0.3) is 32.7 Å². The summed E-state index contributed by atoms with van der Waals surface area (Å²) in [5.74, 6) is 2.28. The fourth-order valence-electron chi connectivity index (χ4n) is 5.09. The Labute approximate surface area is 316 Å². The van der Waals surface area contributed by atoms with Crippen LogP contribution in [0.15, 0.2) is 91.0 Å². The number of methoxy groups -OCH3 is 3. The summed E-state index contributed by atoms with van der Waals surface area (Å²) in [5.41, 5.74) is 5.37. The van der Waals surface area contributed by atoms with Crippen molar-refractivity contribution in [1.82, 2.24) is 19.9 Å². The molecule has 0 saturated heterocycles. The van der Waals surface area contributed by atoms with E-state index in [1.807, 2.05) is 54.6 Å². The molecular weight excluding hydrogens is 812 g/mol. The summed E-state index contributed by atoms with van der Waals surface area (Å²) in [6.07, 6.45) is 0. The molecule has 6 aromatic rings. The molecule has 3 heterocycles. The topological polar surface area (TPSA) is 254 Å². The summed E-state index contributed by atoms with van der Waals surface area (Å²) in [4.78, 5) is 17.2. The molecule has 0 bridgehead atoms. The van der Waals surface area contributed by atoms with Gasteiger partial charge in [-0.2, -0.15) is 0 Å². The van der Waals surface area contributed by atoms with Gasteiger partial charge < -0.3 is 14.2 Å². The average molecular weight is 842 g/mol. The first-order chi connectivity index (χ1) is 23.6. The van der Waals surface area contributed by atoms with Crippen LogP contribution in [-0.4, -0.2) is 41.2 Å². The third kappa shape index (κ3) is 13.2. The average Bonchev–Trinajstić information content (AvgIpc) is 3.06. The Hall–Kier alpha value is -3.57. The van der Waals surface area contributed by atoms with Crippen LogP contribution in [-0.2, 0) is 46.9 Å². The Bertz CT molecular complexity index is 1810. The number of aromatic nitrogens is 3. The molecular formula is C33H30CdCl2N4O11. The van der Waals surface area contributed by atoms with Gasteiger partial charge in [-0.3, -0.25) is 4.90 Å². The van der Waals surface area contributed by atoms with Crippen molar-refractivity contribution in [3.63, 3.8) is 0 Å². The summed E-state index contributed by atoms with van der Waals surface area (Å²) in [6.45, 7) is 1.81. The number of benzene rings is 3. The molecule has 0 amide bonds. The first-order valence-corrected chi connectivity index (χ1v) is 16.9. The molecule has 0 radical (unpaired) electrons. The minimum atomic E-state index is -4.94. The van der Waals surface area contributed by atoms with Crippen molar-refractivity contribution >= 4 is 32.7 Å². The number of rotatable bonds is 9. The molecule has 0 saturated carbocycles. The van der Waals surface area contributed by atoms with Crippen molar-refractivity contribution in [2.45, 2.75) is 19.6 Å². The maximum absolute atomic E-state index is 8.49. The van der Waals surface area contributed by atoms with E-state index in [9.17, 15) is 0 Å². The van der Waals surface area contributed by atoms with Gasteiger partial charge in [0.15, 0.2) is 0 Å². The van der Waals surface area contributed by atoms with Crippen molar-refractivity contribution in [2.24, 2.45) is 0 Å². The maximum Gasteiger partial charge on any atom is 2.00 e. The third-order valence-electron chi connectivity index (χ3n) is 7.04. The van der Waals surface area contributed by atoms with Crippen LogP contribution in [0.2, 0.25) is 0 Å². The van der Waals surface area contributed by atoms with Crippen LogP contribution < -0.4 is 51.5 Å². The first kappa shape index (κ1) is 41.8. The van der Waals surface area contributed by atoms with Gasteiger partial charge in [0.05, 0.1) is 38.4 Å². The standard InChI is InChI=1S/C33H30N4O3.Cd.2ClHO4/c1-38-28-10-4-7-22-13-16-25(34-31(22)28)19-37(20-26-17-14-23-8-5-11-29(39-2)32(23)35-26)21-27-18-15-24-9-6-12-30(40-3)33(24)36-27;;2*2-1(3,4)5/h4-18H,19-21H2,1-3H3;;2*(H,2,3,4,5)/q;+2;;/p-2. The minimum absolute atomic E-state index is 0. The van der Waals surface area contributed by atoms with Crippen molar-refractivity contribution in [2.75, 3.05) is 21.3 Å². The molecule has 3 aromatic heterocycles. The maximum atomic E-state index is 8.49. The molecule has 0 unspecified atom stereocenters. The van der Waals surface area contributed by atoms with Gasteiger partial charge in [0.1, 0.15) is 33.8 Å². The largest absolute Gasteiger partial charge is 2.00 e. The normalized spacial score (nSPS) is 11.3. The van der Waals surface area contributed by atoms with Crippen LogP contribution in [0.5, 0.6) is 17.2 Å². The van der Waals surface area contributed by atoms with Gasteiger partial charge in [-0.25, -0.2) is 52.2 Å². The zero-order valence-corrected chi connectivity index (χ0v) is 33.1.